The van der Waals surface area contributed by atoms with Gasteiger partial charge in [-0.2, -0.15) is 0 Å². The number of amides is 1. The minimum Gasteiger partial charge on any atom is -0.371 e. The molecule has 4 nitrogen and oxygen atoms in total. The van der Waals surface area contributed by atoms with E-state index in [0.717, 1.165) is 6.42 Å². The summed E-state index contributed by atoms with van der Waals surface area (Å²) in [6, 6.07) is 1.39. The van der Waals surface area contributed by atoms with Crippen LogP contribution in [0.15, 0.2) is 12.3 Å². The van der Waals surface area contributed by atoms with Gasteiger partial charge in [-0.15, -0.1) is 0 Å². The average Bonchev–Trinajstić information content (AvgIpc) is 2.94. The van der Waals surface area contributed by atoms with Crippen LogP contribution in [0.4, 0.5) is 10.2 Å². The first-order valence-electron chi connectivity index (χ1n) is 6.06. The van der Waals surface area contributed by atoms with Crippen LogP contribution in [0.5, 0.6) is 0 Å². The molecule has 1 aromatic heterocycles. The van der Waals surface area contributed by atoms with Crippen molar-refractivity contribution >= 4 is 11.7 Å². The molecule has 1 unspecified atom stereocenters. The Morgan fingerprint density at radius 3 is 2.83 bits per heavy atom. The lowest BCUT2D eigenvalue weighted by Gasteiger charge is -2.09. The van der Waals surface area contributed by atoms with Gasteiger partial charge >= 0.3 is 0 Å². The molecule has 2 N–H and O–H groups in total. The summed E-state index contributed by atoms with van der Waals surface area (Å²) in [7, 11) is 1.57. The molecule has 2 rings (SSSR count). The number of hydrogen-bond donors (Lipinski definition) is 2. The van der Waals surface area contributed by atoms with Crippen molar-refractivity contribution in [1.82, 2.24) is 10.3 Å². The van der Waals surface area contributed by atoms with Gasteiger partial charge in [0.15, 0.2) is 11.6 Å². The molecular formula is C13H18FN3O. The van der Waals surface area contributed by atoms with Crippen LogP contribution >= 0.6 is 0 Å². The van der Waals surface area contributed by atoms with Crippen molar-refractivity contribution < 1.29 is 9.18 Å². The molecule has 1 atom stereocenters. The molecule has 18 heavy (non-hydrogen) atoms. The van der Waals surface area contributed by atoms with Gasteiger partial charge in [-0.25, -0.2) is 9.37 Å². The standard InChI is InChI=1S/C13H18FN3O/c1-13(2)6-8(13)7-17-12(18)9-4-5-16-11(15-3)10(9)14/h4-5,8H,6-7H2,1-3H3,(H,15,16)(H,17,18). The van der Waals surface area contributed by atoms with Crippen LogP contribution in [-0.2, 0) is 0 Å². The van der Waals surface area contributed by atoms with Gasteiger partial charge < -0.3 is 10.6 Å². The summed E-state index contributed by atoms with van der Waals surface area (Å²) in [5.41, 5.74) is 0.341. The predicted molar refractivity (Wildman–Crippen MR) is 68.0 cm³/mol. The molecule has 98 valence electrons. The zero-order chi connectivity index (χ0) is 13.3. The zero-order valence-electron chi connectivity index (χ0n) is 10.9. The topological polar surface area (TPSA) is 54.0 Å². The second kappa shape index (κ2) is 4.55. The van der Waals surface area contributed by atoms with Gasteiger partial charge in [0.1, 0.15) is 0 Å². The summed E-state index contributed by atoms with van der Waals surface area (Å²) in [6.07, 6.45) is 2.53. The van der Waals surface area contributed by atoms with E-state index in [1.807, 2.05) is 0 Å². The van der Waals surface area contributed by atoms with Crippen molar-refractivity contribution in [2.45, 2.75) is 20.3 Å². The van der Waals surface area contributed by atoms with Crippen molar-refractivity contribution in [2.24, 2.45) is 11.3 Å². The number of carbonyl (C=O) groups is 1. The monoisotopic (exact) mass is 251 g/mol. The lowest BCUT2D eigenvalue weighted by atomic mass is 10.1. The summed E-state index contributed by atoms with van der Waals surface area (Å²) in [5.74, 6) is -0.397. The highest BCUT2D eigenvalue weighted by molar-refractivity contribution is 5.95. The minimum absolute atomic E-state index is 0.0350. The Bertz CT molecular complexity index is 473. The van der Waals surface area contributed by atoms with Crippen LogP contribution in [0.1, 0.15) is 30.6 Å². The van der Waals surface area contributed by atoms with E-state index in [0.29, 0.717) is 17.9 Å². The van der Waals surface area contributed by atoms with Crippen LogP contribution in [0.2, 0.25) is 0 Å². The van der Waals surface area contributed by atoms with Gasteiger partial charge in [0.05, 0.1) is 5.56 Å². The van der Waals surface area contributed by atoms with Gasteiger partial charge in [0.2, 0.25) is 0 Å². The number of anilines is 1. The molecule has 0 aliphatic heterocycles. The lowest BCUT2D eigenvalue weighted by molar-refractivity contribution is 0.0946. The van der Waals surface area contributed by atoms with E-state index in [9.17, 15) is 9.18 Å². The summed E-state index contributed by atoms with van der Waals surface area (Å²) in [4.78, 5) is 15.7. The highest BCUT2D eigenvalue weighted by Crippen LogP contribution is 2.50. The van der Waals surface area contributed by atoms with Crippen molar-refractivity contribution in [3.63, 3.8) is 0 Å². The van der Waals surface area contributed by atoms with Gasteiger partial charge in [-0.05, 0) is 23.8 Å². The number of pyridine rings is 1. The van der Waals surface area contributed by atoms with Crippen LogP contribution in [0.25, 0.3) is 0 Å². The molecule has 5 heteroatoms. The summed E-state index contributed by atoms with van der Waals surface area (Å²) < 4.78 is 13.8. The van der Waals surface area contributed by atoms with Crippen LogP contribution in [0.3, 0.4) is 0 Å². The molecule has 1 aliphatic rings. The Morgan fingerprint density at radius 2 is 2.28 bits per heavy atom. The smallest absolute Gasteiger partial charge is 0.254 e. The first kappa shape index (κ1) is 12.8. The number of carbonyl (C=O) groups excluding carboxylic acids is 1. The lowest BCUT2D eigenvalue weighted by Crippen LogP contribution is -2.27. The molecule has 0 spiro atoms. The molecule has 1 saturated carbocycles. The summed E-state index contributed by atoms with van der Waals surface area (Å²) in [6.45, 7) is 4.92. The Morgan fingerprint density at radius 1 is 1.61 bits per heavy atom. The minimum atomic E-state index is -0.604. The number of rotatable bonds is 4. The molecule has 0 aromatic carbocycles. The maximum absolute atomic E-state index is 13.8. The normalized spacial score (nSPS) is 20.3. The van der Waals surface area contributed by atoms with E-state index >= 15 is 0 Å². The molecule has 0 bridgehead atoms. The molecule has 1 aliphatic carbocycles. The van der Waals surface area contributed by atoms with E-state index in [1.165, 1.54) is 12.3 Å². The maximum Gasteiger partial charge on any atom is 0.254 e. The highest BCUT2D eigenvalue weighted by Gasteiger charge is 2.45. The average molecular weight is 251 g/mol. The number of nitrogens with zero attached hydrogens (tertiary/aromatic N) is 1. The first-order valence-corrected chi connectivity index (χ1v) is 6.06. The molecule has 0 saturated heterocycles. The molecule has 0 radical (unpaired) electrons. The third-order valence-electron chi connectivity index (χ3n) is 3.60. The Balaban J connectivity index is 2.01. The maximum atomic E-state index is 13.8. The first-order chi connectivity index (χ1) is 8.45. The van der Waals surface area contributed by atoms with Crippen molar-refractivity contribution in [2.75, 3.05) is 18.9 Å². The largest absolute Gasteiger partial charge is 0.371 e. The van der Waals surface area contributed by atoms with Gasteiger partial charge in [-0.3, -0.25) is 4.79 Å². The van der Waals surface area contributed by atoms with E-state index < -0.39 is 5.82 Å². The second-order valence-corrected chi connectivity index (χ2v) is 5.37. The van der Waals surface area contributed by atoms with Gasteiger partial charge in [-0.1, -0.05) is 13.8 Å². The Kier molecular flexibility index (Phi) is 3.24. The highest BCUT2D eigenvalue weighted by atomic mass is 19.1. The van der Waals surface area contributed by atoms with Crippen molar-refractivity contribution in [3.8, 4) is 0 Å². The fraction of sp³-hybridized carbons (Fsp3) is 0.538. The van der Waals surface area contributed by atoms with Gasteiger partial charge in [0.25, 0.3) is 5.91 Å². The van der Waals surface area contributed by atoms with Crippen LogP contribution in [0, 0.1) is 17.2 Å². The second-order valence-electron chi connectivity index (χ2n) is 5.37. The fourth-order valence-corrected chi connectivity index (χ4v) is 2.03. The quantitative estimate of drug-likeness (QED) is 0.861. The van der Waals surface area contributed by atoms with Crippen molar-refractivity contribution in [1.29, 1.82) is 0 Å². The van der Waals surface area contributed by atoms with Gasteiger partial charge in [0, 0.05) is 19.8 Å². The van der Waals surface area contributed by atoms with E-state index in [2.05, 4.69) is 29.5 Å². The molecular weight excluding hydrogens is 233 g/mol. The van der Waals surface area contributed by atoms with Crippen LogP contribution < -0.4 is 10.6 Å². The van der Waals surface area contributed by atoms with E-state index in [-0.39, 0.29) is 17.3 Å². The Labute approximate surface area is 106 Å². The third kappa shape index (κ3) is 2.44. The predicted octanol–water partition coefficient (Wildman–Crippen LogP) is 2.04. The number of aromatic nitrogens is 1. The number of nitrogens with one attached hydrogen (secondary N) is 2. The molecule has 1 fully saturated rings. The van der Waals surface area contributed by atoms with E-state index in [1.54, 1.807) is 7.05 Å². The molecule has 1 amide bonds. The summed E-state index contributed by atoms with van der Waals surface area (Å²) >= 11 is 0. The number of hydrogen-bond acceptors (Lipinski definition) is 3. The molecule has 1 heterocycles. The van der Waals surface area contributed by atoms with Crippen LogP contribution in [-0.4, -0.2) is 24.5 Å². The van der Waals surface area contributed by atoms with Crippen molar-refractivity contribution in [3.05, 3.63) is 23.6 Å². The summed E-state index contributed by atoms with van der Waals surface area (Å²) in [5, 5.41) is 5.39. The third-order valence-corrected chi connectivity index (χ3v) is 3.60. The zero-order valence-corrected chi connectivity index (χ0v) is 10.9. The number of halogens is 1. The SMILES string of the molecule is CNc1nccc(C(=O)NCC2CC2(C)C)c1F. The fourth-order valence-electron chi connectivity index (χ4n) is 2.03. The van der Waals surface area contributed by atoms with E-state index in [4.69, 9.17) is 0 Å². The Hall–Kier alpha value is -1.65. The molecule has 1 aromatic rings.